The Kier molecular flexibility index (Phi) is 5.56. The molecule has 1 heterocycles. The third-order valence-corrected chi connectivity index (χ3v) is 4.95. The highest BCUT2D eigenvalue weighted by atomic mass is 16.5. The fraction of sp³-hybridized carbons (Fsp3) is 0.182. The topological polar surface area (TPSA) is 102 Å². The summed E-state index contributed by atoms with van der Waals surface area (Å²) < 4.78 is 10.8. The van der Waals surface area contributed by atoms with E-state index in [4.69, 9.17) is 9.47 Å². The number of aromatic amines is 1. The number of anilines is 1. The van der Waals surface area contributed by atoms with Crippen LogP contribution in [-0.4, -0.2) is 40.8 Å². The van der Waals surface area contributed by atoms with E-state index in [1.54, 1.807) is 14.2 Å². The monoisotopic (exact) mass is 403 g/mol. The van der Waals surface area contributed by atoms with Gasteiger partial charge >= 0.3 is 0 Å². The van der Waals surface area contributed by atoms with Gasteiger partial charge in [-0.05, 0) is 41.6 Å². The molecule has 0 aliphatic carbocycles. The molecule has 1 atom stereocenters. The minimum atomic E-state index is -0.677. The summed E-state index contributed by atoms with van der Waals surface area (Å²) in [4.78, 5) is 13.3. The number of carbonyl (C=O) groups excluding carboxylic acids is 1. The summed E-state index contributed by atoms with van der Waals surface area (Å²) in [7, 11) is 3.18. The van der Waals surface area contributed by atoms with Crippen LogP contribution in [0.2, 0.25) is 0 Å². The molecule has 1 amide bonds. The summed E-state index contributed by atoms with van der Waals surface area (Å²) in [5.41, 5.74) is 1.53. The molecule has 2 N–H and O–H groups in total. The maximum atomic E-state index is 13.3. The second kappa shape index (κ2) is 8.60. The lowest BCUT2D eigenvalue weighted by Crippen LogP contribution is -2.24. The molecule has 0 bridgehead atoms. The van der Waals surface area contributed by atoms with Crippen LogP contribution < -0.4 is 14.8 Å². The smallest absolute Gasteiger partial charge is 0.235 e. The number of nitrogens with one attached hydrogen (secondary N) is 2. The van der Waals surface area contributed by atoms with E-state index in [1.165, 1.54) is 0 Å². The molecule has 1 unspecified atom stereocenters. The van der Waals surface area contributed by atoms with Gasteiger partial charge in [-0.1, -0.05) is 41.6 Å². The number of hydrogen-bond donors (Lipinski definition) is 2. The summed E-state index contributed by atoms with van der Waals surface area (Å²) in [6.45, 7) is 0. The molecule has 4 aromatic rings. The molecule has 0 saturated carbocycles. The molecule has 0 aliphatic rings. The fourth-order valence-corrected chi connectivity index (χ4v) is 3.43. The number of aromatic nitrogens is 4. The molecule has 30 heavy (non-hydrogen) atoms. The van der Waals surface area contributed by atoms with Crippen molar-refractivity contribution >= 4 is 22.4 Å². The van der Waals surface area contributed by atoms with Gasteiger partial charge in [-0.25, -0.2) is 0 Å². The Bertz CT molecular complexity index is 1160. The van der Waals surface area contributed by atoms with Crippen LogP contribution in [0.25, 0.3) is 10.8 Å². The summed E-state index contributed by atoms with van der Waals surface area (Å²) in [5, 5.41) is 19.2. The molecule has 8 heteroatoms. The summed E-state index contributed by atoms with van der Waals surface area (Å²) >= 11 is 0. The first-order valence-electron chi connectivity index (χ1n) is 9.42. The van der Waals surface area contributed by atoms with Crippen molar-refractivity contribution in [3.05, 3.63) is 72.1 Å². The van der Waals surface area contributed by atoms with Crippen molar-refractivity contribution in [3.8, 4) is 11.5 Å². The van der Waals surface area contributed by atoms with E-state index >= 15 is 0 Å². The predicted molar refractivity (Wildman–Crippen MR) is 113 cm³/mol. The fourth-order valence-electron chi connectivity index (χ4n) is 3.43. The number of amides is 1. The quantitative estimate of drug-likeness (QED) is 0.491. The minimum absolute atomic E-state index is 0.238. The number of methoxy groups -OCH3 is 2. The van der Waals surface area contributed by atoms with Crippen molar-refractivity contribution in [3.63, 3.8) is 0 Å². The van der Waals surface area contributed by atoms with Gasteiger partial charge in [-0.3, -0.25) is 4.79 Å². The third-order valence-electron chi connectivity index (χ3n) is 4.95. The number of carbonyl (C=O) groups is 1. The molecule has 0 radical (unpaired) electrons. The normalized spacial score (nSPS) is 11.8. The summed E-state index contributed by atoms with van der Waals surface area (Å²) in [5.74, 6) is 0.716. The van der Waals surface area contributed by atoms with Gasteiger partial charge in [-0.15, -0.1) is 10.2 Å². The van der Waals surface area contributed by atoms with E-state index in [0.717, 1.165) is 22.0 Å². The highest BCUT2D eigenvalue weighted by Crippen LogP contribution is 2.30. The predicted octanol–water partition coefficient (Wildman–Crippen LogP) is 3.34. The number of nitrogens with zero attached hydrogens (tertiary/aromatic N) is 3. The lowest BCUT2D eigenvalue weighted by atomic mass is 9.96. The largest absolute Gasteiger partial charge is 0.497 e. The first-order valence-corrected chi connectivity index (χ1v) is 9.42. The second-order valence-electron chi connectivity index (χ2n) is 6.72. The average molecular weight is 403 g/mol. The lowest BCUT2D eigenvalue weighted by Gasteiger charge is -2.17. The molecule has 0 aliphatic heterocycles. The van der Waals surface area contributed by atoms with Crippen LogP contribution >= 0.6 is 0 Å². The van der Waals surface area contributed by atoms with E-state index in [9.17, 15) is 4.79 Å². The molecule has 0 spiro atoms. The van der Waals surface area contributed by atoms with E-state index in [1.807, 2.05) is 60.7 Å². The molecule has 0 fully saturated rings. The number of benzene rings is 3. The van der Waals surface area contributed by atoms with Crippen LogP contribution in [-0.2, 0) is 11.2 Å². The number of ether oxygens (including phenoxy) is 2. The number of H-pyrrole nitrogens is 1. The van der Waals surface area contributed by atoms with Gasteiger partial charge in [-0.2, -0.15) is 5.21 Å². The third kappa shape index (κ3) is 3.93. The Hall–Kier alpha value is -3.94. The molecule has 8 nitrogen and oxygen atoms in total. The van der Waals surface area contributed by atoms with Gasteiger partial charge in [0.15, 0.2) is 5.82 Å². The minimum Gasteiger partial charge on any atom is -0.497 e. The van der Waals surface area contributed by atoms with Crippen molar-refractivity contribution in [2.45, 2.75) is 12.3 Å². The summed E-state index contributed by atoms with van der Waals surface area (Å²) in [6.07, 6.45) is 0.316. The van der Waals surface area contributed by atoms with Crippen molar-refractivity contribution < 1.29 is 14.3 Å². The summed E-state index contributed by atoms with van der Waals surface area (Å²) in [6, 6.07) is 19.1. The highest BCUT2D eigenvalue weighted by Gasteiger charge is 2.27. The first kappa shape index (κ1) is 19.4. The van der Waals surface area contributed by atoms with Crippen molar-refractivity contribution in [2.24, 2.45) is 0 Å². The molecule has 0 saturated heterocycles. The van der Waals surface area contributed by atoms with Gasteiger partial charge in [0.2, 0.25) is 5.91 Å². The number of tetrazole rings is 1. The zero-order valence-electron chi connectivity index (χ0n) is 16.6. The van der Waals surface area contributed by atoms with Crippen LogP contribution in [0.15, 0.2) is 60.7 Å². The molecule has 1 aromatic heterocycles. The standard InChI is InChI=1S/C22H21N5O3/c1-29-16-10-11-20(30-2)15(12-16)13-18(21-24-26-27-25-21)22(28)23-19-9-5-7-14-6-3-4-8-17(14)19/h3-12,18H,13H2,1-2H3,(H,23,28)(H,24,25,26,27). The van der Waals surface area contributed by atoms with Gasteiger partial charge in [0.25, 0.3) is 0 Å². The number of hydrogen-bond acceptors (Lipinski definition) is 6. The Morgan fingerprint density at radius 1 is 1.07 bits per heavy atom. The van der Waals surface area contributed by atoms with Crippen LogP contribution in [0.1, 0.15) is 17.3 Å². The van der Waals surface area contributed by atoms with Gasteiger partial charge < -0.3 is 14.8 Å². The lowest BCUT2D eigenvalue weighted by molar-refractivity contribution is -0.117. The SMILES string of the molecule is COc1ccc(OC)c(CC(C(=O)Nc2cccc3ccccc23)c2nn[nH]n2)c1. The van der Waals surface area contributed by atoms with Crippen LogP contribution in [0.4, 0.5) is 5.69 Å². The zero-order valence-corrected chi connectivity index (χ0v) is 16.6. The van der Waals surface area contributed by atoms with Crippen molar-refractivity contribution in [1.82, 2.24) is 20.6 Å². The average Bonchev–Trinajstić information content (AvgIpc) is 3.32. The number of fused-ring (bicyclic) bond motifs is 1. The van der Waals surface area contributed by atoms with Crippen LogP contribution in [0.5, 0.6) is 11.5 Å². The maximum absolute atomic E-state index is 13.3. The molecule has 4 rings (SSSR count). The van der Waals surface area contributed by atoms with E-state index in [2.05, 4.69) is 25.9 Å². The van der Waals surface area contributed by atoms with Gasteiger partial charge in [0, 0.05) is 11.1 Å². The van der Waals surface area contributed by atoms with Gasteiger partial charge in [0.05, 0.1) is 14.2 Å². The highest BCUT2D eigenvalue weighted by molar-refractivity contribution is 6.04. The van der Waals surface area contributed by atoms with Gasteiger partial charge in [0.1, 0.15) is 17.4 Å². The zero-order chi connectivity index (χ0) is 20.9. The van der Waals surface area contributed by atoms with E-state index < -0.39 is 5.92 Å². The Balaban J connectivity index is 1.67. The van der Waals surface area contributed by atoms with Crippen molar-refractivity contribution in [2.75, 3.05) is 19.5 Å². The van der Waals surface area contributed by atoms with Crippen LogP contribution in [0.3, 0.4) is 0 Å². The molecule has 3 aromatic carbocycles. The van der Waals surface area contributed by atoms with Crippen LogP contribution in [0, 0.1) is 0 Å². The molecular weight excluding hydrogens is 382 g/mol. The molecule has 152 valence electrons. The van der Waals surface area contributed by atoms with E-state index in [0.29, 0.717) is 23.7 Å². The molecular formula is C22H21N5O3. The maximum Gasteiger partial charge on any atom is 0.235 e. The Labute approximate surface area is 173 Å². The Morgan fingerprint density at radius 3 is 2.67 bits per heavy atom. The second-order valence-corrected chi connectivity index (χ2v) is 6.72. The first-order chi connectivity index (χ1) is 14.7. The van der Waals surface area contributed by atoms with Crippen molar-refractivity contribution in [1.29, 1.82) is 0 Å². The van der Waals surface area contributed by atoms with E-state index in [-0.39, 0.29) is 5.91 Å². The number of rotatable bonds is 7. The Morgan fingerprint density at radius 2 is 1.90 bits per heavy atom.